The lowest BCUT2D eigenvalue weighted by Gasteiger charge is -2.13. The van der Waals surface area contributed by atoms with Gasteiger partial charge in [0.1, 0.15) is 18.5 Å². The fourth-order valence-corrected chi connectivity index (χ4v) is 2.24. The van der Waals surface area contributed by atoms with E-state index in [-0.39, 0.29) is 12.3 Å². The zero-order chi connectivity index (χ0) is 17.2. The summed E-state index contributed by atoms with van der Waals surface area (Å²) in [6.45, 7) is 1.48. The van der Waals surface area contributed by atoms with E-state index in [0.29, 0.717) is 6.54 Å². The number of rotatable bonds is 10. The maximum absolute atomic E-state index is 10.6. The molecular weight excluding hydrogens is 308 g/mol. The van der Waals surface area contributed by atoms with Crippen LogP contribution in [-0.4, -0.2) is 35.8 Å². The number of non-ortho nitro benzene ring substituents is 1. The van der Waals surface area contributed by atoms with Crippen LogP contribution < -0.4 is 10.1 Å². The molecule has 6 heteroatoms. The standard InChI is InChI=1S/C18H22N2O4/c21-17(14-24-18-6-2-1-3-7-18)13-19-12-4-5-15-8-10-16(11-9-15)20(22)23/h1-3,6-11,17,19,21H,4-5,12-14H2/t17-/m0/s1. The molecule has 0 aliphatic rings. The Morgan fingerprint density at radius 3 is 2.50 bits per heavy atom. The molecule has 128 valence electrons. The predicted molar refractivity (Wildman–Crippen MR) is 92.2 cm³/mol. The van der Waals surface area contributed by atoms with E-state index < -0.39 is 11.0 Å². The Hall–Kier alpha value is -2.44. The first-order valence-corrected chi connectivity index (χ1v) is 7.95. The normalized spacial score (nSPS) is 11.9. The second-order valence-corrected chi connectivity index (χ2v) is 5.51. The van der Waals surface area contributed by atoms with E-state index >= 15 is 0 Å². The van der Waals surface area contributed by atoms with E-state index in [2.05, 4.69) is 5.32 Å². The molecule has 2 aromatic rings. The van der Waals surface area contributed by atoms with Crippen molar-refractivity contribution in [2.24, 2.45) is 0 Å². The van der Waals surface area contributed by atoms with Crippen LogP contribution >= 0.6 is 0 Å². The molecule has 24 heavy (non-hydrogen) atoms. The van der Waals surface area contributed by atoms with Gasteiger partial charge in [0.05, 0.1) is 4.92 Å². The van der Waals surface area contributed by atoms with Crippen LogP contribution in [0.5, 0.6) is 5.75 Å². The number of ether oxygens (including phenoxy) is 1. The van der Waals surface area contributed by atoms with Gasteiger partial charge >= 0.3 is 0 Å². The van der Waals surface area contributed by atoms with Gasteiger partial charge in [-0.25, -0.2) is 0 Å². The quantitative estimate of drug-likeness (QED) is 0.397. The largest absolute Gasteiger partial charge is 0.491 e. The van der Waals surface area contributed by atoms with Gasteiger partial charge in [0, 0.05) is 18.7 Å². The van der Waals surface area contributed by atoms with Gasteiger partial charge in [-0.2, -0.15) is 0 Å². The molecule has 0 bridgehead atoms. The highest BCUT2D eigenvalue weighted by molar-refractivity contribution is 5.32. The summed E-state index contributed by atoms with van der Waals surface area (Å²) in [7, 11) is 0. The molecule has 6 nitrogen and oxygen atoms in total. The van der Waals surface area contributed by atoms with E-state index in [1.165, 1.54) is 12.1 Å². The van der Waals surface area contributed by atoms with Gasteiger partial charge in [0.2, 0.25) is 0 Å². The highest BCUT2D eigenvalue weighted by Gasteiger charge is 2.05. The molecule has 0 unspecified atom stereocenters. The number of nitrogens with one attached hydrogen (secondary N) is 1. The summed E-state index contributed by atoms with van der Waals surface area (Å²) < 4.78 is 5.48. The van der Waals surface area contributed by atoms with Crippen LogP contribution in [0.15, 0.2) is 54.6 Å². The average Bonchev–Trinajstić information content (AvgIpc) is 2.61. The zero-order valence-electron chi connectivity index (χ0n) is 13.4. The highest BCUT2D eigenvalue weighted by atomic mass is 16.6. The predicted octanol–water partition coefficient (Wildman–Crippen LogP) is 2.56. The van der Waals surface area contributed by atoms with Crippen molar-refractivity contribution in [2.45, 2.75) is 18.9 Å². The second-order valence-electron chi connectivity index (χ2n) is 5.51. The van der Waals surface area contributed by atoms with Gasteiger partial charge in [-0.3, -0.25) is 10.1 Å². The SMILES string of the molecule is O=[N+]([O-])c1ccc(CCCNC[C@H](O)COc2ccccc2)cc1. The highest BCUT2D eigenvalue weighted by Crippen LogP contribution is 2.13. The molecule has 2 N–H and O–H groups in total. The van der Waals surface area contributed by atoms with E-state index in [1.54, 1.807) is 12.1 Å². The summed E-state index contributed by atoms with van der Waals surface area (Å²) >= 11 is 0. The van der Waals surface area contributed by atoms with Gasteiger partial charge in [-0.05, 0) is 37.1 Å². The average molecular weight is 330 g/mol. The third-order valence-electron chi connectivity index (χ3n) is 3.53. The summed E-state index contributed by atoms with van der Waals surface area (Å²) in [5.41, 5.74) is 1.17. The topological polar surface area (TPSA) is 84.6 Å². The minimum absolute atomic E-state index is 0.110. The molecular formula is C18H22N2O4. The van der Waals surface area contributed by atoms with Crippen molar-refractivity contribution in [3.05, 3.63) is 70.3 Å². The van der Waals surface area contributed by atoms with Crippen molar-refractivity contribution in [1.82, 2.24) is 5.32 Å². The number of hydrogen-bond donors (Lipinski definition) is 2. The Kier molecular flexibility index (Phi) is 7.20. The fraction of sp³-hybridized carbons (Fsp3) is 0.333. The molecule has 2 rings (SSSR count). The van der Waals surface area contributed by atoms with Gasteiger partial charge in [0.25, 0.3) is 5.69 Å². The Labute approximate surface area is 141 Å². The lowest BCUT2D eigenvalue weighted by atomic mass is 10.1. The van der Waals surface area contributed by atoms with Crippen molar-refractivity contribution >= 4 is 5.69 Å². The third kappa shape index (κ3) is 6.36. The lowest BCUT2D eigenvalue weighted by Crippen LogP contribution is -2.32. The van der Waals surface area contributed by atoms with E-state index in [1.807, 2.05) is 30.3 Å². The van der Waals surface area contributed by atoms with Crippen LogP contribution in [0.3, 0.4) is 0 Å². The molecule has 0 heterocycles. The number of benzene rings is 2. The van der Waals surface area contributed by atoms with Crippen LogP contribution in [0.25, 0.3) is 0 Å². The molecule has 0 saturated heterocycles. The van der Waals surface area contributed by atoms with Crippen molar-refractivity contribution in [3.63, 3.8) is 0 Å². The monoisotopic (exact) mass is 330 g/mol. The molecule has 0 saturated carbocycles. The molecule has 0 aliphatic heterocycles. The zero-order valence-corrected chi connectivity index (χ0v) is 13.4. The number of aliphatic hydroxyl groups is 1. The maximum Gasteiger partial charge on any atom is 0.269 e. The van der Waals surface area contributed by atoms with E-state index in [4.69, 9.17) is 4.74 Å². The smallest absolute Gasteiger partial charge is 0.269 e. The lowest BCUT2D eigenvalue weighted by molar-refractivity contribution is -0.384. The molecule has 1 atom stereocenters. The van der Waals surface area contributed by atoms with Crippen LogP contribution in [0.4, 0.5) is 5.69 Å². The number of para-hydroxylation sites is 1. The molecule has 0 amide bonds. The third-order valence-corrected chi connectivity index (χ3v) is 3.53. The molecule has 0 aliphatic carbocycles. The first-order valence-electron chi connectivity index (χ1n) is 7.95. The number of nitrogens with zero attached hydrogens (tertiary/aromatic N) is 1. The number of nitro benzene ring substituents is 1. The maximum atomic E-state index is 10.6. The van der Waals surface area contributed by atoms with E-state index in [0.717, 1.165) is 30.7 Å². The summed E-state index contributed by atoms with van der Waals surface area (Å²) in [5, 5.41) is 23.6. The number of aryl methyl sites for hydroxylation is 1. The molecule has 0 spiro atoms. The van der Waals surface area contributed by atoms with Gasteiger partial charge in [-0.15, -0.1) is 0 Å². The minimum Gasteiger partial charge on any atom is -0.491 e. The first kappa shape index (κ1) is 17.9. The Balaban J connectivity index is 1.56. The fourth-order valence-electron chi connectivity index (χ4n) is 2.24. The number of nitro groups is 1. The summed E-state index contributed by atoms with van der Waals surface area (Å²) in [6.07, 6.45) is 1.16. The Morgan fingerprint density at radius 1 is 1.12 bits per heavy atom. The molecule has 0 fully saturated rings. The van der Waals surface area contributed by atoms with Gasteiger partial charge in [-0.1, -0.05) is 30.3 Å². The first-order chi connectivity index (χ1) is 11.6. The summed E-state index contributed by atoms with van der Waals surface area (Å²) in [6, 6.07) is 16.0. The Bertz CT molecular complexity index is 617. The molecule has 2 aromatic carbocycles. The van der Waals surface area contributed by atoms with Crippen molar-refractivity contribution in [3.8, 4) is 5.75 Å². The van der Waals surface area contributed by atoms with E-state index in [9.17, 15) is 15.2 Å². The van der Waals surface area contributed by atoms with Gasteiger partial charge < -0.3 is 15.2 Å². The second kappa shape index (κ2) is 9.64. The van der Waals surface area contributed by atoms with Gasteiger partial charge in [0.15, 0.2) is 0 Å². The number of aliphatic hydroxyl groups excluding tert-OH is 1. The molecule has 0 radical (unpaired) electrons. The Morgan fingerprint density at radius 2 is 1.83 bits per heavy atom. The van der Waals surface area contributed by atoms with Crippen molar-refractivity contribution in [1.29, 1.82) is 0 Å². The van der Waals surface area contributed by atoms with Crippen molar-refractivity contribution in [2.75, 3.05) is 19.7 Å². The van der Waals surface area contributed by atoms with Crippen LogP contribution in [0, 0.1) is 10.1 Å². The number of hydrogen-bond acceptors (Lipinski definition) is 5. The van der Waals surface area contributed by atoms with Crippen molar-refractivity contribution < 1.29 is 14.8 Å². The van der Waals surface area contributed by atoms with Crippen LogP contribution in [0.1, 0.15) is 12.0 Å². The molecule has 0 aromatic heterocycles. The minimum atomic E-state index is -0.565. The van der Waals surface area contributed by atoms with Crippen LogP contribution in [0.2, 0.25) is 0 Å². The summed E-state index contributed by atoms with van der Waals surface area (Å²) in [5.74, 6) is 0.745. The summed E-state index contributed by atoms with van der Waals surface area (Å²) in [4.78, 5) is 10.2. The van der Waals surface area contributed by atoms with Crippen LogP contribution in [-0.2, 0) is 6.42 Å².